The van der Waals surface area contributed by atoms with Crippen LogP contribution in [0.25, 0.3) is 0 Å². The van der Waals surface area contributed by atoms with Gasteiger partial charge >= 0.3 is 0 Å². The predicted octanol–water partition coefficient (Wildman–Crippen LogP) is 5.72. The van der Waals surface area contributed by atoms with Crippen molar-refractivity contribution in [2.45, 2.75) is 70.6 Å². The van der Waals surface area contributed by atoms with Gasteiger partial charge in [0.15, 0.2) is 5.76 Å². The van der Waals surface area contributed by atoms with E-state index in [-0.39, 0.29) is 36.4 Å². The van der Waals surface area contributed by atoms with E-state index in [1.165, 1.54) is 11.1 Å². The quantitative estimate of drug-likeness (QED) is 0.452. The SMILES string of the molecule is Cc1cccc(C2c3cc(OCc4ccc(C(=O)NC5CC5)o4)ccc3CCN2C(=O)C2CCCC2)c1. The Morgan fingerprint density at radius 1 is 1.03 bits per heavy atom. The first-order valence-corrected chi connectivity index (χ1v) is 13.6. The number of rotatable bonds is 7. The molecule has 2 amide bonds. The van der Waals surface area contributed by atoms with Crippen LogP contribution in [0.1, 0.15) is 83.1 Å². The minimum Gasteiger partial charge on any atom is -0.486 e. The molecule has 6 heteroatoms. The molecule has 2 aliphatic carbocycles. The summed E-state index contributed by atoms with van der Waals surface area (Å²) in [6.07, 6.45) is 7.19. The third kappa shape index (κ3) is 5.15. The summed E-state index contributed by atoms with van der Waals surface area (Å²) in [6, 6.07) is 18.3. The van der Waals surface area contributed by atoms with Gasteiger partial charge in [-0.3, -0.25) is 9.59 Å². The molecule has 1 atom stereocenters. The average Bonchev–Trinajstić information content (AvgIpc) is 3.35. The van der Waals surface area contributed by atoms with Gasteiger partial charge in [0.25, 0.3) is 5.91 Å². The zero-order chi connectivity index (χ0) is 25.4. The van der Waals surface area contributed by atoms with Gasteiger partial charge in [0.05, 0.1) is 6.04 Å². The van der Waals surface area contributed by atoms with E-state index in [9.17, 15) is 9.59 Å². The van der Waals surface area contributed by atoms with Crippen molar-refractivity contribution in [2.24, 2.45) is 5.92 Å². The molecular weight excluding hydrogens is 464 g/mol. The molecule has 0 bridgehead atoms. The van der Waals surface area contributed by atoms with E-state index >= 15 is 0 Å². The van der Waals surface area contributed by atoms with Gasteiger partial charge in [0, 0.05) is 18.5 Å². The number of nitrogens with one attached hydrogen (secondary N) is 1. The van der Waals surface area contributed by atoms with Crippen molar-refractivity contribution in [3.63, 3.8) is 0 Å². The second-order valence-corrected chi connectivity index (χ2v) is 10.7. The molecule has 0 spiro atoms. The summed E-state index contributed by atoms with van der Waals surface area (Å²) in [5, 5.41) is 2.94. The number of benzene rings is 2. The van der Waals surface area contributed by atoms with Crippen LogP contribution in [0.15, 0.2) is 59.0 Å². The fraction of sp³-hybridized carbons (Fsp3) is 0.419. The number of fused-ring (bicyclic) bond motifs is 1. The summed E-state index contributed by atoms with van der Waals surface area (Å²) in [6.45, 7) is 3.06. The molecule has 2 heterocycles. The monoisotopic (exact) mass is 498 g/mol. The van der Waals surface area contributed by atoms with Crippen LogP contribution >= 0.6 is 0 Å². The fourth-order valence-corrected chi connectivity index (χ4v) is 5.74. The molecule has 2 aromatic carbocycles. The summed E-state index contributed by atoms with van der Waals surface area (Å²) >= 11 is 0. The van der Waals surface area contributed by atoms with Gasteiger partial charge < -0.3 is 19.4 Å². The Kier molecular flexibility index (Phi) is 6.49. The minimum absolute atomic E-state index is 0.123. The van der Waals surface area contributed by atoms with E-state index in [2.05, 4.69) is 53.5 Å². The van der Waals surface area contributed by atoms with E-state index in [0.717, 1.165) is 68.4 Å². The topological polar surface area (TPSA) is 71.8 Å². The van der Waals surface area contributed by atoms with Gasteiger partial charge in [0.2, 0.25) is 5.91 Å². The van der Waals surface area contributed by atoms with E-state index in [0.29, 0.717) is 11.5 Å². The first-order chi connectivity index (χ1) is 18.0. The molecule has 0 radical (unpaired) electrons. The van der Waals surface area contributed by atoms with Crippen molar-refractivity contribution in [1.29, 1.82) is 0 Å². The Morgan fingerprint density at radius 2 is 1.86 bits per heavy atom. The lowest BCUT2D eigenvalue weighted by Gasteiger charge is -2.39. The largest absolute Gasteiger partial charge is 0.486 e. The van der Waals surface area contributed by atoms with Crippen molar-refractivity contribution >= 4 is 11.8 Å². The van der Waals surface area contributed by atoms with Gasteiger partial charge in [-0.25, -0.2) is 0 Å². The molecule has 1 unspecified atom stereocenters. The number of aryl methyl sites for hydroxylation is 1. The van der Waals surface area contributed by atoms with E-state index in [4.69, 9.17) is 9.15 Å². The van der Waals surface area contributed by atoms with E-state index in [1.807, 2.05) is 6.07 Å². The smallest absolute Gasteiger partial charge is 0.287 e. The van der Waals surface area contributed by atoms with Crippen LogP contribution in [0.5, 0.6) is 5.75 Å². The number of amides is 2. The van der Waals surface area contributed by atoms with Crippen molar-refractivity contribution in [2.75, 3.05) is 6.54 Å². The molecular formula is C31H34N2O4. The number of nitrogens with zero attached hydrogens (tertiary/aromatic N) is 1. The number of ether oxygens (including phenoxy) is 1. The van der Waals surface area contributed by atoms with Crippen LogP contribution in [0, 0.1) is 12.8 Å². The third-order valence-electron chi connectivity index (χ3n) is 7.87. The minimum atomic E-state index is -0.171. The lowest BCUT2D eigenvalue weighted by molar-refractivity contribution is -0.137. The number of furan rings is 1. The zero-order valence-electron chi connectivity index (χ0n) is 21.4. The molecule has 192 valence electrons. The molecule has 2 fully saturated rings. The molecule has 6 nitrogen and oxygen atoms in total. The lowest BCUT2D eigenvalue weighted by atomic mass is 9.86. The van der Waals surface area contributed by atoms with Gasteiger partial charge in [-0.15, -0.1) is 0 Å². The van der Waals surface area contributed by atoms with Crippen LogP contribution in [0.4, 0.5) is 0 Å². The van der Waals surface area contributed by atoms with Crippen LogP contribution in [0.2, 0.25) is 0 Å². The van der Waals surface area contributed by atoms with Gasteiger partial charge in [0.1, 0.15) is 18.1 Å². The van der Waals surface area contributed by atoms with E-state index in [1.54, 1.807) is 12.1 Å². The number of carbonyl (C=O) groups is 2. The molecule has 1 N–H and O–H groups in total. The predicted molar refractivity (Wildman–Crippen MR) is 140 cm³/mol. The summed E-state index contributed by atoms with van der Waals surface area (Å²) in [5.74, 6) is 1.90. The maximum absolute atomic E-state index is 13.7. The summed E-state index contributed by atoms with van der Waals surface area (Å²) < 4.78 is 11.8. The van der Waals surface area contributed by atoms with Crippen molar-refractivity contribution < 1.29 is 18.7 Å². The Labute approximate surface area is 218 Å². The van der Waals surface area contributed by atoms with Crippen LogP contribution in [0.3, 0.4) is 0 Å². The molecule has 3 aromatic rings. The van der Waals surface area contributed by atoms with E-state index < -0.39 is 0 Å². The summed E-state index contributed by atoms with van der Waals surface area (Å²) in [7, 11) is 0. The zero-order valence-corrected chi connectivity index (χ0v) is 21.4. The summed E-state index contributed by atoms with van der Waals surface area (Å²) in [5.41, 5.74) is 4.71. The van der Waals surface area contributed by atoms with Crippen LogP contribution in [-0.2, 0) is 17.8 Å². The van der Waals surface area contributed by atoms with Crippen molar-refractivity contribution in [3.8, 4) is 5.75 Å². The molecule has 2 saturated carbocycles. The van der Waals surface area contributed by atoms with Crippen LogP contribution < -0.4 is 10.1 Å². The standard InChI is InChI=1S/C31H34N2O4/c1-20-5-4-8-23(17-20)29-27-18-25(36-19-26-13-14-28(37-26)30(34)32-24-10-11-24)12-9-21(27)15-16-33(29)31(35)22-6-2-3-7-22/h4-5,8-9,12-14,17-18,22,24,29H,2-3,6-7,10-11,15-16,19H2,1H3,(H,32,34). The Bertz CT molecular complexity index is 1300. The number of hydrogen-bond acceptors (Lipinski definition) is 4. The van der Waals surface area contributed by atoms with Gasteiger partial charge in [-0.05, 0) is 80.0 Å². The Balaban J connectivity index is 1.24. The fourth-order valence-electron chi connectivity index (χ4n) is 5.74. The first-order valence-electron chi connectivity index (χ1n) is 13.6. The highest BCUT2D eigenvalue weighted by Gasteiger charge is 2.36. The molecule has 3 aliphatic rings. The highest BCUT2D eigenvalue weighted by Crippen LogP contribution is 2.40. The summed E-state index contributed by atoms with van der Waals surface area (Å²) in [4.78, 5) is 28.0. The highest BCUT2D eigenvalue weighted by atomic mass is 16.5. The number of carbonyl (C=O) groups excluding carboxylic acids is 2. The van der Waals surface area contributed by atoms with Crippen molar-refractivity contribution in [3.05, 3.63) is 88.4 Å². The number of hydrogen-bond donors (Lipinski definition) is 1. The average molecular weight is 499 g/mol. The second kappa shape index (κ2) is 10.1. The maximum Gasteiger partial charge on any atom is 0.287 e. The third-order valence-corrected chi connectivity index (χ3v) is 7.87. The Morgan fingerprint density at radius 3 is 2.65 bits per heavy atom. The Hall–Kier alpha value is -3.54. The van der Waals surface area contributed by atoms with Gasteiger partial charge in [-0.1, -0.05) is 48.7 Å². The van der Waals surface area contributed by atoms with Crippen LogP contribution in [-0.4, -0.2) is 29.3 Å². The normalized spacial score (nSPS) is 19.5. The first kappa shape index (κ1) is 23.8. The second-order valence-electron chi connectivity index (χ2n) is 10.7. The van der Waals surface area contributed by atoms with Gasteiger partial charge in [-0.2, -0.15) is 0 Å². The molecule has 1 aromatic heterocycles. The lowest BCUT2D eigenvalue weighted by Crippen LogP contribution is -2.43. The van der Waals surface area contributed by atoms with Crippen molar-refractivity contribution in [1.82, 2.24) is 10.2 Å². The molecule has 6 rings (SSSR count). The molecule has 37 heavy (non-hydrogen) atoms. The highest BCUT2D eigenvalue weighted by molar-refractivity contribution is 5.91. The molecule has 1 aliphatic heterocycles. The maximum atomic E-state index is 13.7. The molecule has 0 saturated heterocycles.